The molecule has 1 saturated heterocycles. The van der Waals surface area contributed by atoms with Gasteiger partial charge in [0.15, 0.2) is 0 Å². The maximum Gasteiger partial charge on any atom is 0.328 e. The third-order valence-electron chi connectivity index (χ3n) is 5.33. The average Bonchev–Trinajstić information content (AvgIpc) is 2.90. The SMILES string of the molecule is CN1CCN(C2Cc3cc(Cl)ccc3Sc3ccc(F)cc32)CC1.O=C(O)/C=C\C(=O)O. The highest BCUT2D eigenvalue weighted by atomic mass is 35.5. The van der Waals surface area contributed by atoms with Crippen LogP contribution >= 0.6 is 23.4 Å². The van der Waals surface area contributed by atoms with Crippen LogP contribution < -0.4 is 0 Å². The van der Waals surface area contributed by atoms with E-state index in [-0.39, 0.29) is 11.9 Å². The second-order valence-corrected chi connectivity index (χ2v) is 9.13. The molecule has 0 amide bonds. The van der Waals surface area contributed by atoms with E-state index >= 15 is 0 Å². The van der Waals surface area contributed by atoms with Gasteiger partial charge in [-0.15, -0.1) is 0 Å². The number of hydrogen-bond donors (Lipinski definition) is 2. The Hall–Kier alpha value is -2.39. The predicted octanol–water partition coefficient (Wildman–Crippen LogP) is 4.19. The summed E-state index contributed by atoms with van der Waals surface area (Å²) in [5.41, 5.74) is 2.37. The molecule has 0 bridgehead atoms. The fraction of sp³-hybridized carbons (Fsp3) is 0.304. The van der Waals surface area contributed by atoms with Crippen molar-refractivity contribution in [3.63, 3.8) is 0 Å². The van der Waals surface area contributed by atoms with E-state index in [9.17, 15) is 14.0 Å². The normalized spacial score (nSPS) is 18.8. The molecule has 0 radical (unpaired) electrons. The van der Waals surface area contributed by atoms with Crippen molar-refractivity contribution in [1.29, 1.82) is 0 Å². The van der Waals surface area contributed by atoms with Crippen LogP contribution in [0.3, 0.4) is 0 Å². The molecule has 9 heteroatoms. The first-order valence-corrected chi connectivity index (χ1v) is 11.2. The zero-order valence-corrected chi connectivity index (χ0v) is 19.1. The van der Waals surface area contributed by atoms with Crippen molar-refractivity contribution >= 4 is 35.3 Å². The lowest BCUT2D eigenvalue weighted by atomic mass is 9.96. The summed E-state index contributed by atoms with van der Waals surface area (Å²) in [4.78, 5) is 26.3. The minimum absolute atomic E-state index is 0.155. The van der Waals surface area contributed by atoms with E-state index < -0.39 is 11.9 Å². The lowest BCUT2D eigenvalue weighted by molar-refractivity contribution is -0.134. The summed E-state index contributed by atoms with van der Waals surface area (Å²) in [6.07, 6.45) is 1.99. The van der Waals surface area contributed by atoms with Crippen molar-refractivity contribution in [2.75, 3.05) is 33.2 Å². The summed E-state index contributed by atoms with van der Waals surface area (Å²) >= 11 is 7.96. The Morgan fingerprint density at radius 3 is 2.28 bits per heavy atom. The maximum absolute atomic E-state index is 14.0. The average molecular weight is 479 g/mol. The van der Waals surface area contributed by atoms with Crippen molar-refractivity contribution in [2.24, 2.45) is 0 Å². The number of piperazine rings is 1. The number of halogens is 2. The molecule has 2 aliphatic heterocycles. The predicted molar refractivity (Wildman–Crippen MR) is 122 cm³/mol. The van der Waals surface area contributed by atoms with Gasteiger partial charge >= 0.3 is 11.9 Å². The highest BCUT2D eigenvalue weighted by Gasteiger charge is 2.29. The maximum atomic E-state index is 14.0. The minimum Gasteiger partial charge on any atom is -0.478 e. The Morgan fingerprint density at radius 2 is 1.66 bits per heavy atom. The van der Waals surface area contributed by atoms with Crippen LogP contribution in [0.4, 0.5) is 4.39 Å². The summed E-state index contributed by atoms with van der Waals surface area (Å²) in [5, 5.41) is 16.4. The molecule has 32 heavy (non-hydrogen) atoms. The number of carboxylic acids is 2. The number of hydrogen-bond acceptors (Lipinski definition) is 5. The second-order valence-electron chi connectivity index (χ2n) is 7.61. The van der Waals surface area contributed by atoms with Crippen LogP contribution in [0, 0.1) is 5.82 Å². The van der Waals surface area contributed by atoms with Crippen LogP contribution in [0.2, 0.25) is 5.02 Å². The van der Waals surface area contributed by atoms with E-state index in [1.807, 2.05) is 12.1 Å². The molecule has 0 saturated carbocycles. The van der Waals surface area contributed by atoms with E-state index in [1.54, 1.807) is 23.9 Å². The van der Waals surface area contributed by atoms with Crippen LogP contribution in [0.1, 0.15) is 17.2 Å². The molecule has 2 aromatic carbocycles. The first-order chi connectivity index (χ1) is 15.2. The molecule has 0 aromatic heterocycles. The molecule has 1 fully saturated rings. The molecule has 1 atom stereocenters. The molecule has 0 spiro atoms. The van der Waals surface area contributed by atoms with Gasteiger partial charge in [0.05, 0.1) is 0 Å². The van der Waals surface area contributed by atoms with Crippen LogP contribution in [0.25, 0.3) is 0 Å². The third-order valence-corrected chi connectivity index (χ3v) is 6.78. The summed E-state index contributed by atoms with van der Waals surface area (Å²) in [6.45, 7) is 4.13. The van der Waals surface area contributed by atoms with Gasteiger partial charge in [0.1, 0.15) is 5.82 Å². The number of rotatable bonds is 3. The number of nitrogens with zero attached hydrogens (tertiary/aromatic N) is 2. The van der Waals surface area contributed by atoms with Crippen LogP contribution in [0.5, 0.6) is 0 Å². The molecular weight excluding hydrogens is 455 g/mol. The van der Waals surface area contributed by atoms with E-state index in [4.69, 9.17) is 21.8 Å². The number of carboxylic acid groups (broad SMARTS) is 2. The van der Waals surface area contributed by atoms with E-state index in [2.05, 4.69) is 29.0 Å². The Labute approximate surface area is 195 Å². The van der Waals surface area contributed by atoms with Crippen molar-refractivity contribution < 1.29 is 24.2 Å². The van der Waals surface area contributed by atoms with Crippen molar-refractivity contribution in [1.82, 2.24) is 9.80 Å². The molecule has 4 rings (SSSR count). The topological polar surface area (TPSA) is 81.1 Å². The zero-order chi connectivity index (χ0) is 23.3. The smallest absolute Gasteiger partial charge is 0.328 e. The van der Waals surface area contributed by atoms with Gasteiger partial charge in [-0.25, -0.2) is 14.0 Å². The Kier molecular flexibility index (Phi) is 8.31. The Balaban J connectivity index is 0.000000312. The van der Waals surface area contributed by atoms with Crippen LogP contribution in [-0.4, -0.2) is 65.2 Å². The second kappa shape index (κ2) is 11.0. The van der Waals surface area contributed by atoms with E-state index in [1.165, 1.54) is 10.5 Å². The lowest BCUT2D eigenvalue weighted by Crippen LogP contribution is -2.46. The highest BCUT2D eigenvalue weighted by Crippen LogP contribution is 2.43. The summed E-state index contributed by atoms with van der Waals surface area (Å²) < 4.78 is 14.0. The number of benzene rings is 2. The Morgan fingerprint density at radius 1 is 1.03 bits per heavy atom. The third kappa shape index (κ3) is 6.56. The molecule has 6 nitrogen and oxygen atoms in total. The molecule has 2 N–H and O–H groups in total. The number of aliphatic carboxylic acids is 2. The quantitative estimate of drug-likeness (QED) is 0.640. The standard InChI is InChI=1S/C19H20ClFN2S.C4H4O4/c1-22-6-8-23(9-7-22)17-11-13-10-14(20)2-4-18(13)24-19-5-3-15(21)12-16(17)19;5-3(6)1-2-4(7)8/h2-5,10,12,17H,6-9,11H2,1H3;1-2H,(H,5,6)(H,7,8)/b;2-1-. The molecule has 170 valence electrons. The highest BCUT2D eigenvalue weighted by molar-refractivity contribution is 7.99. The molecule has 2 aromatic rings. The minimum atomic E-state index is -1.26. The largest absolute Gasteiger partial charge is 0.478 e. The molecule has 2 heterocycles. The molecular formula is C23H24ClFN2O4S. The monoisotopic (exact) mass is 478 g/mol. The van der Waals surface area contributed by atoms with Crippen molar-refractivity contribution in [3.05, 3.63) is 70.5 Å². The molecule has 2 aliphatic rings. The van der Waals surface area contributed by atoms with Gasteiger partial charge in [0, 0.05) is 59.2 Å². The molecule has 0 aliphatic carbocycles. The van der Waals surface area contributed by atoms with Gasteiger partial charge < -0.3 is 15.1 Å². The summed E-state index contributed by atoms with van der Waals surface area (Å²) in [6, 6.07) is 11.5. The van der Waals surface area contributed by atoms with Gasteiger partial charge in [0.25, 0.3) is 0 Å². The number of fused-ring (bicyclic) bond motifs is 2. The fourth-order valence-electron chi connectivity index (χ4n) is 3.72. The van der Waals surface area contributed by atoms with Crippen molar-refractivity contribution in [2.45, 2.75) is 22.3 Å². The van der Waals surface area contributed by atoms with Gasteiger partial charge in [0.2, 0.25) is 0 Å². The van der Waals surface area contributed by atoms with Crippen molar-refractivity contribution in [3.8, 4) is 0 Å². The zero-order valence-electron chi connectivity index (χ0n) is 17.5. The van der Waals surface area contributed by atoms with Gasteiger partial charge in [-0.05, 0) is 61.0 Å². The van der Waals surface area contributed by atoms with E-state index in [0.29, 0.717) is 12.2 Å². The van der Waals surface area contributed by atoms with Gasteiger partial charge in [-0.3, -0.25) is 4.90 Å². The summed E-state index contributed by atoms with van der Waals surface area (Å²) in [7, 11) is 2.16. The Bertz CT molecular complexity index is 1010. The number of likely N-dealkylation sites (N-methyl/N-ethyl adjacent to an activating group) is 1. The van der Waals surface area contributed by atoms with Gasteiger partial charge in [-0.2, -0.15) is 0 Å². The first-order valence-electron chi connectivity index (χ1n) is 10.0. The van der Waals surface area contributed by atoms with E-state index in [0.717, 1.165) is 48.1 Å². The summed E-state index contributed by atoms with van der Waals surface area (Å²) in [5.74, 6) is -2.67. The molecule has 1 unspecified atom stereocenters. The lowest BCUT2D eigenvalue weighted by Gasteiger charge is -2.38. The van der Waals surface area contributed by atoms with Crippen LogP contribution in [0.15, 0.2) is 58.3 Å². The van der Waals surface area contributed by atoms with Crippen LogP contribution in [-0.2, 0) is 16.0 Å². The van der Waals surface area contributed by atoms with Gasteiger partial charge in [-0.1, -0.05) is 23.4 Å². The fourth-order valence-corrected chi connectivity index (χ4v) is 5.01. The number of carbonyl (C=O) groups is 2. The first kappa shape index (κ1) is 24.3.